The lowest BCUT2D eigenvalue weighted by Gasteiger charge is -2.22. The van der Waals surface area contributed by atoms with E-state index in [9.17, 15) is 8.78 Å². The van der Waals surface area contributed by atoms with Gasteiger partial charge >= 0.3 is 6.61 Å². The minimum atomic E-state index is -2.85. The summed E-state index contributed by atoms with van der Waals surface area (Å²) in [6, 6.07) is 5.49. The lowest BCUT2D eigenvalue weighted by atomic mass is 9.96. The van der Waals surface area contributed by atoms with Gasteiger partial charge in [-0.25, -0.2) is 0 Å². The first-order valence-electron chi connectivity index (χ1n) is 7.58. The predicted molar refractivity (Wildman–Crippen MR) is 79.4 cm³/mol. The Hall–Kier alpha value is -1.52. The van der Waals surface area contributed by atoms with Crippen molar-refractivity contribution in [2.24, 2.45) is 0 Å². The van der Waals surface area contributed by atoms with Gasteiger partial charge in [-0.1, -0.05) is 32.1 Å². The van der Waals surface area contributed by atoms with Crippen molar-refractivity contribution in [3.63, 3.8) is 0 Å². The average molecular weight is 299 g/mol. The molecule has 2 rings (SSSR count). The van der Waals surface area contributed by atoms with Gasteiger partial charge in [0.15, 0.2) is 11.5 Å². The molecule has 0 unspecified atom stereocenters. The fourth-order valence-electron chi connectivity index (χ4n) is 2.79. The van der Waals surface area contributed by atoms with E-state index in [0.29, 0.717) is 11.8 Å². The highest BCUT2D eigenvalue weighted by atomic mass is 19.3. The van der Waals surface area contributed by atoms with Crippen LogP contribution in [0, 0.1) is 0 Å². The molecule has 0 aromatic heterocycles. The fraction of sp³-hybridized carbons (Fsp3) is 0.625. The van der Waals surface area contributed by atoms with E-state index in [4.69, 9.17) is 4.74 Å². The maximum atomic E-state index is 12.4. The Morgan fingerprint density at radius 1 is 1.05 bits per heavy atom. The molecule has 0 atom stereocenters. The molecular weight excluding hydrogens is 276 g/mol. The number of benzene rings is 1. The van der Waals surface area contributed by atoms with Gasteiger partial charge in [-0.3, -0.25) is 0 Å². The molecule has 1 aliphatic carbocycles. The Kier molecular flexibility index (Phi) is 6.08. The number of methoxy groups -OCH3 is 1. The van der Waals surface area contributed by atoms with Gasteiger partial charge in [0.2, 0.25) is 0 Å². The van der Waals surface area contributed by atoms with Crippen molar-refractivity contribution in [2.75, 3.05) is 12.4 Å². The molecule has 0 saturated heterocycles. The molecule has 21 heavy (non-hydrogen) atoms. The van der Waals surface area contributed by atoms with Gasteiger partial charge in [0.05, 0.1) is 7.11 Å². The maximum Gasteiger partial charge on any atom is 0.387 e. The minimum absolute atomic E-state index is 0.0725. The van der Waals surface area contributed by atoms with E-state index in [0.717, 1.165) is 18.5 Å². The molecule has 118 valence electrons. The summed E-state index contributed by atoms with van der Waals surface area (Å²) in [5.41, 5.74) is 0.803. The second-order valence-corrected chi connectivity index (χ2v) is 5.43. The van der Waals surface area contributed by atoms with Crippen LogP contribution in [0.3, 0.4) is 0 Å². The maximum absolute atomic E-state index is 12.4. The first kappa shape index (κ1) is 15.9. The number of halogens is 2. The van der Waals surface area contributed by atoms with Crippen molar-refractivity contribution in [1.29, 1.82) is 0 Å². The van der Waals surface area contributed by atoms with E-state index in [1.165, 1.54) is 39.2 Å². The van der Waals surface area contributed by atoms with Gasteiger partial charge in [-0.2, -0.15) is 8.78 Å². The summed E-state index contributed by atoms with van der Waals surface area (Å²) >= 11 is 0. The summed E-state index contributed by atoms with van der Waals surface area (Å²) in [5, 5.41) is 3.43. The van der Waals surface area contributed by atoms with Crippen LogP contribution in [0.4, 0.5) is 14.5 Å². The van der Waals surface area contributed by atoms with Crippen molar-refractivity contribution in [2.45, 2.75) is 57.6 Å². The zero-order valence-corrected chi connectivity index (χ0v) is 12.4. The molecule has 0 radical (unpaired) electrons. The van der Waals surface area contributed by atoms with Crippen LogP contribution >= 0.6 is 0 Å². The second-order valence-electron chi connectivity index (χ2n) is 5.43. The smallest absolute Gasteiger partial charge is 0.387 e. The van der Waals surface area contributed by atoms with Crippen molar-refractivity contribution in [1.82, 2.24) is 0 Å². The van der Waals surface area contributed by atoms with Gasteiger partial charge in [-0.05, 0) is 25.0 Å². The number of anilines is 1. The van der Waals surface area contributed by atoms with Gasteiger partial charge in [0, 0.05) is 17.8 Å². The number of ether oxygens (including phenoxy) is 2. The van der Waals surface area contributed by atoms with E-state index >= 15 is 0 Å². The summed E-state index contributed by atoms with van der Waals surface area (Å²) < 4.78 is 34.4. The Bertz CT molecular complexity index is 432. The summed E-state index contributed by atoms with van der Waals surface area (Å²) in [7, 11) is 1.44. The molecule has 1 saturated carbocycles. The topological polar surface area (TPSA) is 30.5 Å². The first-order chi connectivity index (χ1) is 10.2. The summed E-state index contributed by atoms with van der Waals surface area (Å²) in [6.07, 6.45) is 8.55. The Morgan fingerprint density at radius 2 is 1.71 bits per heavy atom. The molecule has 0 heterocycles. The number of alkyl halides is 2. The number of rotatable bonds is 5. The molecule has 5 heteroatoms. The van der Waals surface area contributed by atoms with E-state index in [2.05, 4.69) is 10.1 Å². The van der Waals surface area contributed by atoms with Crippen LogP contribution in [0.25, 0.3) is 0 Å². The zero-order chi connectivity index (χ0) is 15.1. The Morgan fingerprint density at radius 3 is 2.33 bits per heavy atom. The van der Waals surface area contributed by atoms with Crippen LogP contribution in [0.15, 0.2) is 18.2 Å². The normalized spacial score (nSPS) is 17.1. The van der Waals surface area contributed by atoms with Crippen LogP contribution in [-0.4, -0.2) is 19.8 Å². The van der Waals surface area contributed by atoms with E-state index in [-0.39, 0.29) is 5.75 Å². The largest absolute Gasteiger partial charge is 0.493 e. The highest BCUT2D eigenvalue weighted by Crippen LogP contribution is 2.32. The number of hydrogen-bond acceptors (Lipinski definition) is 3. The van der Waals surface area contributed by atoms with Crippen LogP contribution in [0.1, 0.15) is 44.9 Å². The molecule has 0 amide bonds. The molecule has 1 fully saturated rings. The average Bonchev–Trinajstić information content (AvgIpc) is 2.41. The van der Waals surface area contributed by atoms with Gasteiger partial charge in [-0.15, -0.1) is 0 Å². The van der Waals surface area contributed by atoms with E-state index in [1.54, 1.807) is 12.1 Å². The summed E-state index contributed by atoms with van der Waals surface area (Å²) in [6.45, 7) is -2.85. The molecule has 0 bridgehead atoms. The van der Waals surface area contributed by atoms with Gasteiger partial charge < -0.3 is 14.8 Å². The SMILES string of the molecule is COc1ccc(NC2CCCCCCC2)cc1OC(F)F. The van der Waals surface area contributed by atoms with Crippen molar-refractivity contribution < 1.29 is 18.3 Å². The first-order valence-corrected chi connectivity index (χ1v) is 7.58. The van der Waals surface area contributed by atoms with Crippen LogP contribution in [0.2, 0.25) is 0 Å². The molecule has 3 nitrogen and oxygen atoms in total. The lowest BCUT2D eigenvalue weighted by Crippen LogP contribution is -2.20. The lowest BCUT2D eigenvalue weighted by molar-refractivity contribution is -0.0511. The molecule has 1 aliphatic rings. The second kappa shape index (κ2) is 8.05. The third kappa shape index (κ3) is 5.06. The molecule has 1 aromatic carbocycles. The molecule has 0 aliphatic heterocycles. The third-order valence-electron chi connectivity index (χ3n) is 3.86. The highest BCUT2D eigenvalue weighted by molar-refractivity contribution is 5.55. The van der Waals surface area contributed by atoms with E-state index < -0.39 is 6.61 Å². The monoisotopic (exact) mass is 299 g/mol. The Labute approximate surface area is 124 Å². The van der Waals surface area contributed by atoms with Crippen molar-refractivity contribution in [3.8, 4) is 11.5 Å². The number of nitrogens with one attached hydrogen (secondary N) is 1. The van der Waals surface area contributed by atoms with E-state index in [1.807, 2.05) is 6.07 Å². The van der Waals surface area contributed by atoms with Crippen LogP contribution < -0.4 is 14.8 Å². The minimum Gasteiger partial charge on any atom is -0.493 e. The molecule has 0 spiro atoms. The zero-order valence-electron chi connectivity index (χ0n) is 12.4. The molecular formula is C16H23F2NO2. The standard InChI is InChI=1S/C16H23F2NO2/c1-20-14-10-9-13(11-15(14)21-16(17)18)19-12-7-5-3-2-4-6-8-12/h9-12,16,19H,2-8H2,1H3. The van der Waals surface area contributed by atoms with Crippen LogP contribution in [0.5, 0.6) is 11.5 Å². The Balaban J connectivity index is 2.04. The molecule has 1 aromatic rings. The van der Waals surface area contributed by atoms with Crippen molar-refractivity contribution >= 4 is 5.69 Å². The van der Waals surface area contributed by atoms with Gasteiger partial charge in [0.25, 0.3) is 0 Å². The fourth-order valence-corrected chi connectivity index (χ4v) is 2.79. The van der Waals surface area contributed by atoms with Gasteiger partial charge in [0.1, 0.15) is 0 Å². The van der Waals surface area contributed by atoms with Crippen molar-refractivity contribution in [3.05, 3.63) is 18.2 Å². The quantitative estimate of drug-likeness (QED) is 0.845. The van der Waals surface area contributed by atoms with Crippen LogP contribution in [-0.2, 0) is 0 Å². The summed E-state index contributed by atoms with van der Waals surface area (Å²) in [4.78, 5) is 0. The predicted octanol–water partition coefficient (Wildman–Crippen LogP) is 4.82. The third-order valence-corrected chi connectivity index (χ3v) is 3.86. The summed E-state index contributed by atoms with van der Waals surface area (Å²) in [5.74, 6) is 0.391. The molecule has 1 N–H and O–H groups in total. The highest BCUT2D eigenvalue weighted by Gasteiger charge is 2.14. The number of hydrogen-bond donors (Lipinski definition) is 1.